The monoisotopic (exact) mass is 310 g/mol. The van der Waals surface area contributed by atoms with Crippen LogP contribution in [-0.4, -0.2) is 11.6 Å². The Morgan fingerprint density at radius 3 is 2.27 bits per heavy atom. The molecule has 0 saturated carbocycles. The van der Waals surface area contributed by atoms with E-state index in [1.165, 1.54) is 10.6 Å². The molecule has 0 N–H and O–H groups in total. The number of hydrogen-bond donors (Lipinski definition) is 0. The molecule has 1 aliphatic heterocycles. The summed E-state index contributed by atoms with van der Waals surface area (Å²) in [4.78, 5) is 12.6. The fourth-order valence-electron chi connectivity index (χ4n) is 2.27. The van der Waals surface area contributed by atoms with Crippen molar-refractivity contribution in [3.63, 3.8) is 0 Å². The quantitative estimate of drug-likeness (QED) is 0.754. The average molecular weight is 311 g/mol. The molecule has 0 atom stereocenters. The molecule has 1 aliphatic rings. The van der Waals surface area contributed by atoms with Gasteiger partial charge in [0.15, 0.2) is 0 Å². The van der Waals surface area contributed by atoms with E-state index in [4.69, 9.17) is 11.6 Å². The summed E-state index contributed by atoms with van der Waals surface area (Å²) in [7, 11) is 0. The van der Waals surface area contributed by atoms with Gasteiger partial charge in [0.2, 0.25) is 0 Å². The molecule has 0 bridgehead atoms. The Morgan fingerprint density at radius 1 is 1.00 bits per heavy atom. The smallest absolute Gasteiger partial charge is 0.267 e. The van der Waals surface area contributed by atoms with Crippen molar-refractivity contribution < 1.29 is 4.79 Å². The van der Waals surface area contributed by atoms with Gasteiger partial charge in [-0.25, -0.2) is 0 Å². The van der Waals surface area contributed by atoms with Crippen LogP contribution in [0.2, 0.25) is 5.02 Å². The lowest BCUT2D eigenvalue weighted by atomic mass is 10.1. The Hall–Kier alpha value is -2.39. The molecule has 2 aromatic rings. The van der Waals surface area contributed by atoms with E-state index in [9.17, 15) is 4.79 Å². The minimum atomic E-state index is -0.125. The third-order valence-corrected chi connectivity index (χ3v) is 3.77. The molecule has 1 amide bonds. The van der Waals surface area contributed by atoms with Crippen molar-refractivity contribution in [2.45, 2.75) is 13.8 Å². The normalized spacial score (nSPS) is 16.3. The number of aryl methyl sites for hydroxylation is 1. The van der Waals surface area contributed by atoms with Crippen LogP contribution >= 0.6 is 11.6 Å². The van der Waals surface area contributed by atoms with E-state index in [0.717, 1.165) is 5.56 Å². The number of halogens is 1. The van der Waals surface area contributed by atoms with E-state index < -0.39 is 0 Å². The van der Waals surface area contributed by atoms with Gasteiger partial charge in [-0.05, 0) is 49.8 Å². The van der Waals surface area contributed by atoms with Crippen LogP contribution < -0.4 is 5.01 Å². The Balaban J connectivity index is 1.92. The molecule has 4 heteroatoms. The predicted octanol–water partition coefficient (Wildman–Crippen LogP) is 4.45. The maximum Gasteiger partial charge on any atom is 0.280 e. The first kappa shape index (κ1) is 14.5. The third kappa shape index (κ3) is 2.81. The summed E-state index contributed by atoms with van der Waals surface area (Å²) in [6.07, 6.45) is 1.87. The number of anilines is 1. The number of carbonyl (C=O) groups excluding carboxylic acids is 1. The fourth-order valence-corrected chi connectivity index (χ4v) is 2.40. The van der Waals surface area contributed by atoms with Gasteiger partial charge < -0.3 is 0 Å². The van der Waals surface area contributed by atoms with Crippen molar-refractivity contribution in [3.8, 4) is 0 Å². The van der Waals surface area contributed by atoms with Crippen molar-refractivity contribution >= 4 is 35.0 Å². The highest BCUT2D eigenvalue weighted by molar-refractivity contribution is 6.32. The lowest BCUT2D eigenvalue weighted by molar-refractivity contribution is -0.114. The molecule has 0 aliphatic carbocycles. The number of benzene rings is 2. The molecule has 3 nitrogen and oxygen atoms in total. The number of rotatable bonds is 2. The van der Waals surface area contributed by atoms with Gasteiger partial charge in [0.1, 0.15) is 0 Å². The van der Waals surface area contributed by atoms with E-state index >= 15 is 0 Å². The first-order valence-corrected chi connectivity index (χ1v) is 7.36. The van der Waals surface area contributed by atoms with Gasteiger partial charge in [-0.1, -0.05) is 41.4 Å². The van der Waals surface area contributed by atoms with Gasteiger partial charge in [-0.15, -0.1) is 0 Å². The average Bonchev–Trinajstić information content (AvgIpc) is 2.78. The van der Waals surface area contributed by atoms with Crippen molar-refractivity contribution in [1.29, 1.82) is 0 Å². The standard InChI is InChI=1S/C18H15ClN2O/c1-12-3-5-14(6-4-12)11-17-13(2)20-21(18(17)22)16-9-7-15(19)8-10-16/h3-11H,1-2H3. The van der Waals surface area contributed by atoms with Crippen LogP contribution in [0.25, 0.3) is 6.08 Å². The van der Waals surface area contributed by atoms with Crippen molar-refractivity contribution in [3.05, 3.63) is 70.3 Å². The summed E-state index contributed by atoms with van der Waals surface area (Å²) in [5.41, 5.74) is 4.20. The zero-order valence-corrected chi connectivity index (χ0v) is 13.1. The van der Waals surface area contributed by atoms with Crippen molar-refractivity contribution in [1.82, 2.24) is 0 Å². The Morgan fingerprint density at radius 2 is 1.64 bits per heavy atom. The zero-order chi connectivity index (χ0) is 15.7. The fraction of sp³-hybridized carbons (Fsp3) is 0.111. The van der Waals surface area contributed by atoms with Gasteiger partial charge in [-0.3, -0.25) is 4.79 Å². The van der Waals surface area contributed by atoms with Gasteiger partial charge >= 0.3 is 0 Å². The summed E-state index contributed by atoms with van der Waals surface area (Å²) < 4.78 is 0. The Bertz CT molecular complexity index is 774. The van der Waals surface area contributed by atoms with Crippen LogP contribution in [0, 0.1) is 6.92 Å². The minimum Gasteiger partial charge on any atom is -0.267 e. The van der Waals surface area contributed by atoms with E-state index in [2.05, 4.69) is 5.10 Å². The molecule has 1 heterocycles. The third-order valence-electron chi connectivity index (χ3n) is 3.52. The first-order valence-electron chi connectivity index (χ1n) is 6.98. The zero-order valence-electron chi connectivity index (χ0n) is 12.4. The van der Waals surface area contributed by atoms with Gasteiger partial charge in [-0.2, -0.15) is 10.1 Å². The molecule has 22 heavy (non-hydrogen) atoms. The van der Waals surface area contributed by atoms with Gasteiger partial charge in [0, 0.05) is 5.02 Å². The molecule has 0 radical (unpaired) electrons. The van der Waals surface area contributed by atoms with Gasteiger partial charge in [0.05, 0.1) is 17.0 Å². The lowest BCUT2D eigenvalue weighted by Gasteiger charge is -2.11. The highest BCUT2D eigenvalue weighted by Crippen LogP contribution is 2.26. The molecule has 0 spiro atoms. The number of hydrogen-bond acceptors (Lipinski definition) is 2. The van der Waals surface area contributed by atoms with E-state index in [-0.39, 0.29) is 5.91 Å². The number of hydrazone groups is 1. The van der Waals surface area contributed by atoms with E-state index in [0.29, 0.717) is 22.0 Å². The maximum absolute atomic E-state index is 12.6. The summed E-state index contributed by atoms with van der Waals surface area (Å²) in [5, 5.41) is 6.39. The Kier molecular flexibility index (Phi) is 3.82. The van der Waals surface area contributed by atoms with E-state index in [1.807, 2.05) is 44.2 Å². The Labute approximate surface area is 134 Å². The van der Waals surface area contributed by atoms with Crippen LogP contribution in [0.1, 0.15) is 18.1 Å². The lowest BCUT2D eigenvalue weighted by Crippen LogP contribution is -2.21. The van der Waals surface area contributed by atoms with Crippen LogP contribution in [0.3, 0.4) is 0 Å². The SMILES string of the molecule is CC1=NN(c2ccc(Cl)cc2)C(=O)C1=Cc1ccc(C)cc1. The van der Waals surface area contributed by atoms with Crippen LogP contribution in [-0.2, 0) is 4.79 Å². The highest BCUT2D eigenvalue weighted by atomic mass is 35.5. The van der Waals surface area contributed by atoms with Crippen LogP contribution in [0.5, 0.6) is 0 Å². The largest absolute Gasteiger partial charge is 0.280 e. The summed E-state index contributed by atoms with van der Waals surface area (Å²) in [6, 6.07) is 15.1. The molecule has 2 aromatic carbocycles. The van der Waals surface area contributed by atoms with Crippen molar-refractivity contribution in [2.24, 2.45) is 5.10 Å². The van der Waals surface area contributed by atoms with Crippen LogP contribution in [0.15, 0.2) is 59.2 Å². The summed E-state index contributed by atoms with van der Waals surface area (Å²) in [6.45, 7) is 3.88. The summed E-state index contributed by atoms with van der Waals surface area (Å²) >= 11 is 5.88. The second kappa shape index (κ2) is 5.78. The maximum atomic E-state index is 12.6. The molecule has 0 aromatic heterocycles. The minimum absolute atomic E-state index is 0.125. The van der Waals surface area contributed by atoms with Gasteiger partial charge in [0.25, 0.3) is 5.91 Å². The number of nitrogens with zero attached hydrogens (tertiary/aromatic N) is 2. The second-order valence-electron chi connectivity index (χ2n) is 5.25. The molecule has 110 valence electrons. The molecule has 0 saturated heterocycles. The molecule has 3 rings (SSSR count). The molecular weight excluding hydrogens is 296 g/mol. The molecule has 0 unspecified atom stereocenters. The highest BCUT2D eigenvalue weighted by Gasteiger charge is 2.28. The summed E-state index contributed by atoms with van der Waals surface area (Å²) in [5.74, 6) is -0.125. The number of carbonyl (C=O) groups is 1. The van der Waals surface area contributed by atoms with E-state index in [1.54, 1.807) is 24.3 Å². The molecular formula is C18H15ClN2O. The first-order chi connectivity index (χ1) is 10.5. The molecule has 0 fully saturated rings. The van der Waals surface area contributed by atoms with Crippen LogP contribution in [0.4, 0.5) is 5.69 Å². The predicted molar refractivity (Wildman–Crippen MR) is 91.2 cm³/mol. The van der Waals surface area contributed by atoms with Crippen molar-refractivity contribution in [2.75, 3.05) is 5.01 Å². The topological polar surface area (TPSA) is 32.7 Å². The second-order valence-corrected chi connectivity index (χ2v) is 5.68. The number of amides is 1.